The van der Waals surface area contributed by atoms with Crippen LogP contribution in [0, 0.1) is 0 Å². The van der Waals surface area contributed by atoms with Gasteiger partial charge in [0, 0.05) is 0 Å². The van der Waals surface area contributed by atoms with Gasteiger partial charge in [-0.2, -0.15) is 83.4 Å². The smallest absolute Gasteiger partial charge is 0.460 e. The lowest BCUT2D eigenvalue weighted by Crippen LogP contribution is -2.69. The zero-order valence-corrected chi connectivity index (χ0v) is 14.8. The molecule has 0 heterocycles. The Morgan fingerprint density at radius 3 is 0.857 bits per heavy atom. The molecule has 0 aliphatic heterocycles. The summed E-state index contributed by atoms with van der Waals surface area (Å²) in [6, 6.07) is 0. The van der Waals surface area contributed by atoms with Crippen LogP contribution in [0.1, 0.15) is 0 Å². The van der Waals surface area contributed by atoms with Crippen LogP contribution in [0.25, 0.3) is 0 Å². The number of allylic oxidation sites excluding steroid dienone is 2. The minimum Gasteiger partial charge on any atom is -0.477 e. The lowest BCUT2D eigenvalue weighted by molar-refractivity contribution is -0.396. The van der Waals surface area contributed by atoms with E-state index >= 15 is 0 Å². The van der Waals surface area contributed by atoms with Crippen molar-refractivity contribution >= 4 is 5.97 Å². The van der Waals surface area contributed by atoms with Crippen LogP contribution in [-0.4, -0.2) is 64.6 Å². The molecule has 0 aromatic heterocycles. The van der Waals surface area contributed by atoms with E-state index < -0.39 is 71.2 Å². The highest BCUT2D eigenvalue weighted by Gasteiger charge is 2.90. The Hall–Kier alpha value is -2.26. The molecule has 0 aromatic carbocycles. The predicted octanol–water partition coefficient (Wildman–Crippen LogP) is 6.87. The number of halogens is 21. The third-order valence-electron chi connectivity index (χ3n) is 3.73. The van der Waals surface area contributed by atoms with Crippen molar-refractivity contribution in [1.82, 2.24) is 0 Å². The molecule has 0 saturated carbocycles. The average Bonchev–Trinajstić information content (AvgIpc) is 2.64. The van der Waals surface area contributed by atoms with Crippen LogP contribution < -0.4 is 0 Å². The maximum absolute atomic E-state index is 13.3. The largest absolute Gasteiger partial charge is 0.477 e. The highest BCUT2D eigenvalue weighted by atomic mass is 19.4. The number of hydrogen-bond acceptors (Lipinski definition) is 1. The number of carbonyl (C=O) groups is 1. The summed E-state index contributed by atoms with van der Waals surface area (Å²) in [5.74, 6) is -82.4. The lowest BCUT2D eigenvalue weighted by atomic mass is 9.92. The van der Waals surface area contributed by atoms with Gasteiger partial charge in [-0.05, 0) is 0 Å². The molecule has 0 aliphatic rings. The van der Waals surface area contributed by atoms with E-state index in [0.29, 0.717) is 0 Å². The van der Waals surface area contributed by atoms with Gasteiger partial charge in [-0.3, -0.25) is 0 Å². The molecule has 0 radical (unpaired) electrons. The van der Waals surface area contributed by atoms with Crippen molar-refractivity contribution in [2.75, 3.05) is 0 Å². The van der Waals surface area contributed by atoms with Gasteiger partial charge in [0.05, 0.1) is 0 Å². The van der Waals surface area contributed by atoms with Gasteiger partial charge in [0.15, 0.2) is 0 Å². The molecule has 0 spiro atoms. The van der Waals surface area contributed by atoms with Crippen LogP contribution in [-0.2, 0) is 4.79 Å². The van der Waals surface area contributed by atoms with Crippen LogP contribution in [0.15, 0.2) is 11.7 Å². The molecule has 0 unspecified atom stereocenters. The van der Waals surface area contributed by atoms with Crippen LogP contribution in [0.3, 0.4) is 0 Å². The molecule has 0 fully saturated rings. The van der Waals surface area contributed by atoms with Crippen LogP contribution >= 0.6 is 0 Å². The second kappa shape index (κ2) is 8.13. The molecule has 0 aliphatic carbocycles. The van der Waals surface area contributed by atoms with Gasteiger partial charge in [0.25, 0.3) is 0 Å². The van der Waals surface area contributed by atoms with Crippen molar-refractivity contribution in [3.63, 3.8) is 0 Å². The standard InChI is InChI=1S/C12HF21O2/c13-1(2(14)5(17,18)8(23,24)11(29,30)12(31,32)33)4(15,16)7(21,22)10(27,28)9(25,26)6(19,20)3(34)35/h(H,34,35)/b2-1+. The molecule has 0 bridgehead atoms. The third-order valence-corrected chi connectivity index (χ3v) is 3.73. The van der Waals surface area contributed by atoms with E-state index in [-0.39, 0.29) is 0 Å². The summed E-state index contributed by atoms with van der Waals surface area (Å²) in [6.07, 6.45) is -7.83. The van der Waals surface area contributed by atoms with E-state index in [1.165, 1.54) is 0 Å². The summed E-state index contributed by atoms with van der Waals surface area (Å²) < 4.78 is 270. The number of aliphatic carboxylic acids is 1. The highest BCUT2D eigenvalue weighted by Crippen LogP contribution is 2.61. The van der Waals surface area contributed by atoms with Crippen molar-refractivity contribution < 1.29 is 102 Å². The number of alkyl halides is 19. The summed E-state index contributed by atoms with van der Waals surface area (Å²) in [4.78, 5) is 9.87. The molecule has 0 rings (SSSR count). The number of rotatable bonds is 9. The number of carboxylic acids is 1. The van der Waals surface area contributed by atoms with Crippen molar-refractivity contribution in [2.24, 2.45) is 0 Å². The van der Waals surface area contributed by atoms with E-state index in [1.807, 2.05) is 0 Å². The van der Waals surface area contributed by atoms with Crippen molar-refractivity contribution in [2.45, 2.75) is 53.6 Å². The fourth-order valence-corrected chi connectivity index (χ4v) is 1.65. The van der Waals surface area contributed by atoms with Crippen LogP contribution in [0.2, 0.25) is 0 Å². The van der Waals surface area contributed by atoms with Gasteiger partial charge < -0.3 is 5.11 Å². The molecule has 23 heteroatoms. The fraction of sp³-hybridized carbons (Fsp3) is 0.750. The number of hydrogen-bond donors (Lipinski definition) is 1. The van der Waals surface area contributed by atoms with Gasteiger partial charge in [-0.1, -0.05) is 0 Å². The molecule has 1 N–H and O–H groups in total. The normalized spacial score (nSPS) is 16.8. The van der Waals surface area contributed by atoms with E-state index in [9.17, 15) is 97.0 Å². The van der Waals surface area contributed by atoms with E-state index in [1.54, 1.807) is 0 Å². The maximum atomic E-state index is 13.3. The minimum absolute atomic E-state index is 4.45. The molecule has 2 nitrogen and oxygen atoms in total. The first-order valence-electron chi connectivity index (χ1n) is 7.15. The Kier molecular flexibility index (Phi) is 7.60. The van der Waals surface area contributed by atoms with Crippen LogP contribution in [0.5, 0.6) is 0 Å². The number of carboxylic acid groups (broad SMARTS) is 1. The summed E-state index contributed by atoms with van der Waals surface area (Å²) in [7, 11) is 0. The zero-order chi connectivity index (χ0) is 29.2. The zero-order valence-electron chi connectivity index (χ0n) is 14.8. The van der Waals surface area contributed by atoms with Gasteiger partial charge >= 0.3 is 59.5 Å². The molecular formula is C12HF21O2. The second-order valence-electron chi connectivity index (χ2n) is 6.03. The van der Waals surface area contributed by atoms with Gasteiger partial charge in [0.2, 0.25) is 11.7 Å². The Bertz CT molecular complexity index is 862. The topological polar surface area (TPSA) is 37.3 Å². The first-order valence-corrected chi connectivity index (χ1v) is 7.15. The first-order chi connectivity index (χ1) is 14.8. The summed E-state index contributed by atoms with van der Waals surface area (Å²) in [6.45, 7) is 0. The van der Waals surface area contributed by atoms with Crippen molar-refractivity contribution in [3.05, 3.63) is 11.7 Å². The third kappa shape index (κ3) is 4.10. The molecule has 208 valence electrons. The quantitative estimate of drug-likeness (QED) is 0.305. The predicted molar refractivity (Wildman–Crippen MR) is 62.5 cm³/mol. The highest BCUT2D eigenvalue weighted by molar-refractivity contribution is 5.77. The molecular weight excluding hydrogens is 575 g/mol. The first kappa shape index (κ1) is 32.7. The van der Waals surface area contributed by atoms with E-state index in [2.05, 4.69) is 0 Å². The second-order valence-corrected chi connectivity index (χ2v) is 6.03. The van der Waals surface area contributed by atoms with Crippen LogP contribution in [0.4, 0.5) is 92.2 Å². The monoisotopic (exact) mass is 576 g/mol. The summed E-state index contributed by atoms with van der Waals surface area (Å²) >= 11 is 0. The Labute approximate surface area is 174 Å². The van der Waals surface area contributed by atoms with Gasteiger partial charge in [-0.15, -0.1) is 0 Å². The van der Waals surface area contributed by atoms with E-state index in [0.717, 1.165) is 0 Å². The molecule has 0 atom stereocenters. The SMILES string of the molecule is O=C(O)C(F)(F)C(F)(F)C(F)(F)C(F)(F)C(F)(F)/C(F)=C(\F)C(F)(F)C(F)(F)C(F)(F)C(F)(F)F. The minimum atomic E-state index is -8.69. The van der Waals surface area contributed by atoms with Crippen molar-refractivity contribution in [3.8, 4) is 0 Å². The average molecular weight is 576 g/mol. The molecule has 0 aromatic rings. The Balaban J connectivity index is 7.08. The summed E-state index contributed by atoms with van der Waals surface area (Å²) in [5.41, 5.74) is 0. The molecule has 0 amide bonds. The van der Waals surface area contributed by atoms with Crippen molar-refractivity contribution in [1.29, 1.82) is 0 Å². The lowest BCUT2D eigenvalue weighted by Gasteiger charge is -2.38. The van der Waals surface area contributed by atoms with Gasteiger partial charge in [-0.25, -0.2) is 13.6 Å². The fourth-order valence-electron chi connectivity index (χ4n) is 1.65. The van der Waals surface area contributed by atoms with Gasteiger partial charge in [0.1, 0.15) is 0 Å². The van der Waals surface area contributed by atoms with E-state index in [4.69, 9.17) is 5.11 Å². The Morgan fingerprint density at radius 1 is 0.400 bits per heavy atom. The Morgan fingerprint density at radius 2 is 0.629 bits per heavy atom. The summed E-state index contributed by atoms with van der Waals surface area (Å²) in [5, 5.41) is 7.66. The maximum Gasteiger partial charge on any atom is 0.460 e. The molecule has 35 heavy (non-hydrogen) atoms. The molecule has 0 saturated heterocycles.